The molecule has 4 aromatic rings. The Balaban J connectivity index is 1.45. The number of hydrogen-bond donors (Lipinski definition) is 1. The smallest absolute Gasteiger partial charge is 0.250 e. The van der Waals surface area contributed by atoms with Crippen LogP contribution in [-0.2, 0) is 4.79 Å². The number of nitrogens with zero attached hydrogens (tertiary/aromatic N) is 4. The van der Waals surface area contributed by atoms with Gasteiger partial charge in [0.2, 0.25) is 0 Å². The highest BCUT2D eigenvalue weighted by Gasteiger charge is 2.17. The van der Waals surface area contributed by atoms with E-state index in [1.807, 2.05) is 102 Å². The number of carbonyl (C=O) groups excluding carboxylic acids is 1. The van der Waals surface area contributed by atoms with E-state index in [4.69, 9.17) is 0 Å². The summed E-state index contributed by atoms with van der Waals surface area (Å²) in [6.45, 7) is 1.93. The van der Waals surface area contributed by atoms with E-state index in [1.165, 1.54) is 11.8 Å². The van der Waals surface area contributed by atoms with Crippen molar-refractivity contribution in [3.05, 3.63) is 101 Å². The summed E-state index contributed by atoms with van der Waals surface area (Å²) >= 11 is 4.79. The van der Waals surface area contributed by atoms with Crippen LogP contribution in [0.3, 0.4) is 0 Å². The topological polar surface area (TPSA) is 72.2 Å². The van der Waals surface area contributed by atoms with Crippen molar-refractivity contribution in [1.29, 1.82) is 0 Å². The van der Waals surface area contributed by atoms with E-state index in [0.717, 1.165) is 26.9 Å². The van der Waals surface area contributed by atoms with Gasteiger partial charge in [-0.3, -0.25) is 9.36 Å². The van der Waals surface area contributed by atoms with Gasteiger partial charge in [0.25, 0.3) is 5.91 Å². The van der Waals surface area contributed by atoms with E-state index in [-0.39, 0.29) is 11.7 Å². The highest BCUT2D eigenvalue weighted by molar-refractivity contribution is 9.10. The molecular weight excluding hydrogens is 510 g/mol. The number of rotatable bonds is 8. The second-order valence-corrected chi connectivity index (χ2v) is 9.22. The van der Waals surface area contributed by atoms with Crippen LogP contribution < -0.4 is 5.43 Å². The molecule has 0 atom stereocenters. The van der Waals surface area contributed by atoms with Gasteiger partial charge in [0.15, 0.2) is 11.0 Å². The summed E-state index contributed by atoms with van der Waals surface area (Å²) in [5.41, 5.74) is 6.45. The number of benzene rings is 3. The van der Waals surface area contributed by atoms with E-state index < -0.39 is 0 Å². The zero-order chi connectivity index (χ0) is 23.8. The van der Waals surface area contributed by atoms with Gasteiger partial charge in [0, 0.05) is 15.7 Å². The summed E-state index contributed by atoms with van der Waals surface area (Å²) in [4.78, 5) is 12.4. The van der Waals surface area contributed by atoms with E-state index in [9.17, 15) is 4.79 Å². The number of allylic oxidation sites excluding steroid dienone is 1. The third-order valence-electron chi connectivity index (χ3n) is 4.73. The summed E-state index contributed by atoms with van der Waals surface area (Å²) in [7, 11) is 0. The molecule has 4 rings (SSSR count). The molecule has 0 spiro atoms. The average molecular weight is 532 g/mol. The second-order valence-electron chi connectivity index (χ2n) is 7.36. The Morgan fingerprint density at radius 2 is 1.68 bits per heavy atom. The molecule has 0 aliphatic rings. The molecule has 0 aliphatic carbocycles. The van der Waals surface area contributed by atoms with Gasteiger partial charge in [-0.15, -0.1) is 10.2 Å². The van der Waals surface area contributed by atoms with Gasteiger partial charge in [-0.1, -0.05) is 94.4 Å². The highest BCUT2D eigenvalue weighted by atomic mass is 79.9. The third kappa shape index (κ3) is 6.30. The van der Waals surface area contributed by atoms with Gasteiger partial charge in [0.1, 0.15) is 0 Å². The zero-order valence-corrected chi connectivity index (χ0v) is 20.8. The fraction of sp³-hybridized carbons (Fsp3) is 0.0769. The first kappa shape index (κ1) is 23.7. The van der Waals surface area contributed by atoms with Crippen molar-refractivity contribution in [2.24, 2.45) is 5.10 Å². The number of thioether (sulfide) groups is 1. The first-order valence-electron chi connectivity index (χ1n) is 10.5. The molecule has 1 aromatic heterocycles. The maximum atomic E-state index is 12.4. The molecule has 0 bridgehead atoms. The molecule has 3 aromatic carbocycles. The Kier molecular flexibility index (Phi) is 8.06. The average Bonchev–Trinajstić information content (AvgIpc) is 3.28. The zero-order valence-electron chi connectivity index (χ0n) is 18.4. The van der Waals surface area contributed by atoms with Gasteiger partial charge in [-0.25, -0.2) is 5.43 Å². The van der Waals surface area contributed by atoms with Crippen LogP contribution in [0.5, 0.6) is 0 Å². The summed E-state index contributed by atoms with van der Waals surface area (Å²) < 4.78 is 2.93. The van der Waals surface area contributed by atoms with E-state index in [0.29, 0.717) is 11.0 Å². The van der Waals surface area contributed by atoms with Crippen LogP contribution >= 0.6 is 27.7 Å². The van der Waals surface area contributed by atoms with Crippen molar-refractivity contribution in [2.75, 3.05) is 5.75 Å². The molecule has 0 radical (unpaired) electrons. The number of halogens is 1. The van der Waals surface area contributed by atoms with Crippen molar-refractivity contribution in [1.82, 2.24) is 20.2 Å². The maximum absolute atomic E-state index is 12.4. The van der Waals surface area contributed by atoms with Crippen LogP contribution in [0.15, 0.2) is 105 Å². The fourth-order valence-electron chi connectivity index (χ4n) is 3.18. The molecule has 34 heavy (non-hydrogen) atoms. The lowest BCUT2D eigenvalue weighted by atomic mass is 10.1. The van der Waals surface area contributed by atoms with E-state index >= 15 is 0 Å². The van der Waals surface area contributed by atoms with Crippen LogP contribution in [0, 0.1) is 0 Å². The first-order valence-corrected chi connectivity index (χ1v) is 12.3. The second kappa shape index (κ2) is 11.6. The van der Waals surface area contributed by atoms with Crippen molar-refractivity contribution >= 4 is 45.9 Å². The number of aromatic nitrogens is 3. The number of carbonyl (C=O) groups is 1. The Bertz CT molecular complexity index is 1300. The van der Waals surface area contributed by atoms with Crippen LogP contribution in [0.1, 0.15) is 12.5 Å². The largest absolute Gasteiger partial charge is 0.272 e. The molecule has 6 nitrogen and oxygen atoms in total. The van der Waals surface area contributed by atoms with E-state index in [1.54, 1.807) is 6.21 Å². The molecule has 0 unspecified atom stereocenters. The standard InChI is InChI=1S/C26H22BrN5OS/c1-19(16-20-8-4-2-5-9-20)17-28-29-24(33)18-34-26-31-30-25(21-10-6-3-7-11-21)32(26)23-14-12-22(27)13-15-23/h2-17H,18H2,1H3,(H,29,33)/b19-16+,28-17+. The van der Waals surface area contributed by atoms with Gasteiger partial charge in [-0.05, 0) is 42.3 Å². The molecule has 1 N–H and O–H groups in total. The Morgan fingerprint density at radius 3 is 2.38 bits per heavy atom. The van der Waals surface area contributed by atoms with Crippen molar-refractivity contribution in [2.45, 2.75) is 12.1 Å². The lowest BCUT2D eigenvalue weighted by molar-refractivity contribution is -0.118. The maximum Gasteiger partial charge on any atom is 0.250 e. The quantitative estimate of drug-likeness (QED) is 0.172. The third-order valence-corrected chi connectivity index (χ3v) is 6.19. The van der Waals surface area contributed by atoms with Crippen LogP contribution in [-0.4, -0.2) is 32.6 Å². The van der Waals surface area contributed by atoms with Crippen molar-refractivity contribution in [3.8, 4) is 17.1 Å². The van der Waals surface area contributed by atoms with Crippen LogP contribution in [0.25, 0.3) is 23.2 Å². The predicted molar refractivity (Wildman–Crippen MR) is 142 cm³/mol. The molecule has 1 heterocycles. The lowest BCUT2D eigenvalue weighted by Gasteiger charge is -2.10. The Morgan fingerprint density at radius 1 is 1.00 bits per heavy atom. The van der Waals surface area contributed by atoms with Crippen LogP contribution in [0.2, 0.25) is 0 Å². The summed E-state index contributed by atoms with van der Waals surface area (Å²) in [6, 6.07) is 27.7. The van der Waals surface area contributed by atoms with E-state index in [2.05, 4.69) is 36.7 Å². The molecule has 0 fully saturated rings. The molecule has 170 valence electrons. The predicted octanol–water partition coefficient (Wildman–Crippen LogP) is 5.99. The summed E-state index contributed by atoms with van der Waals surface area (Å²) in [6.07, 6.45) is 3.63. The summed E-state index contributed by atoms with van der Waals surface area (Å²) in [5, 5.41) is 13.4. The SMILES string of the molecule is CC(/C=N/NC(=O)CSc1nnc(-c2ccccc2)n1-c1ccc(Br)cc1)=C\c1ccccc1. The van der Waals surface area contributed by atoms with Crippen molar-refractivity contribution in [3.63, 3.8) is 0 Å². The molecule has 0 saturated heterocycles. The molecular formula is C26H22BrN5OS. The molecule has 8 heteroatoms. The Labute approximate surface area is 210 Å². The minimum Gasteiger partial charge on any atom is -0.272 e. The number of hydrogen-bond acceptors (Lipinski definition) is 5. The van der Waals surface area contributed by atoms with Gasteiger partial charge in [-0.2, -0.15) is 5.10 Å². The van der Waals surface area contributed by atoms with Gasteiger partial charge < -0.3 is 0 Å². The van der Waals surface area contributed by atoms with Gasteiger partial charge >= 0.3 is 0 Å². The number of amides is 1. The molecule has 0 saturated carbocycles. The highest BCUT2D eigenvalue weighted by Crippen LogP contribution is 2.28. The normalized spacial score (nSPS) is 11.6. The minimum absolute atomic E-state index is 0.155. The number of hydrazone groups is 1. The Hall–Kier alpha value is -3.49. The van der Waals surface area contributed by atoms with Crippen molar-refractivity contribution < 1.29 is 4.79 Å². The molecule has 1 amide bonds. The molecule has 0 aliphatic heterocycles. The monoisotopic (exact) mass is 531 g/mol. The summed E-state index contributed by atoms with van der Waals surface area (Å²) in [5.74, 6) is 0.647. The number of nitrogens with one attached hydrogen (secondary N) is 1. The lowest BCUT2D eigenvalue weighted by Crippen LogP contribution is -2.20. The van der Waals surface area contributed by atoms with Gasteiger partial charge in [0.05, 0.1) is 12.0 Å². The minimum atomic E-state index is -0.222. The van der Waals surface area contributed by atoms with Crippen LogP contribution in [0.4, 0.5) is 0 Å². The first-order chi connectivity index (χ1) is 16.6. The fourth-order valence-corrected chi connectivity index (χ4v) is 4.19.